The van der Waals surface area contributed by atoms with Crippen LogP contribution in [0.15, 0.2) is 41.2 Å². The average Bonchev–Trinajstić information content (AvgIpc) is 2.55. The van der Waals surface area contributed by atoms with Gasteiger partial charge in [0.2, 0.25) is 0 Å². The number of rotatable bonds is 6. The second kappa shape index (κ2) is 7.49. The van der Waals surface area contributed by atoms with Crippen molar-refractivity contribution in [3.8, 4) is 5.69 Å². The summed E-state index contributed by atoms with van der Waals surface area (Å²) >= 11 is 0. The third kappa shape index (κ3) is 4.03. The molecule has 0 radical (unpaired) electrons. The lowest BCUT2D eigenvalue weighted by Crippen LogP contribution is -2.31. The number of aromatic nitrogens is 2. The molecule has 1 aromatic heterocycles. The molecule has 0 fully saturated rings. The Balaban J connectivity index is 2.25. The molecule has 1 aromatic carbocycles. The van der Waals surface area contributed by atoms with Crippen molar-refractivity contribution in [1.82, 2.24) is 14.7 Å². The van der Waals surface area contributed by atoms with Crippen LogP contribution in [-0.2, 0) is 4.79 Å². The summed E-state index contributed by atoms with van der Waals surface area (Å²) in [6, 6.07) is 8.01. The second-order valence-electron chi connectivity index (χ2n) is 5.14. The Morgan fingerprint density at radius 3 is 2.62 bits per heavy atom. The fraction of sp³-hybridized carbons (Fsp3) is 0.250. The van der Waals surface area contributed by atoms with E-state index in [2.05, 4.69) is 5.10 Å². The Hall–Kier alpha value is -3.03. The van der Waals surface area contributed by atoms with Crippen molar-refractivity contribution in [2.45, 2.75) is 12.8 Å². The smallest absolute Gasteiger partial charge is 0.303 e. The van der Waals surface area contributed by atoms with Gasteiger partial charge >= 0.3 is 5.97 Å². The minimum absolute atomic E-state index is 0.0318. The summed E-state index contributed by atoms with van der Waals surface area (Å²) in [7, 11) is 1.50. The summed E-state index contributed by atoms with van der Waals surface area (Å²) in [5.74, 6) is -2.06. The van der Waals surface area contributed by atoms with Gasteiger partial charge in [-0.25, -0.2) is 4.39 Å². The van der Waals surface area contributed by atoms with Gasteiger partial charge in [-0.1, -0.05) is 12.1 Å². The Kier molecular flexibility index (Phi) is 5.41. The SMILES string of the molecule is CN(CCCC(=O)O)C(=O)c1ccc(=O)n(-c2ccccc2F)n1. The number of halogens is 1. The van der Waals surface area contributed by atoms with E-state index in [1.807, 2.05) is 0 Å². The fourth-order valence-electron chi connectivity index (χ4n) is 2.09. The van der Waals surface area contributed by atoms with Crippen molar-refractivity contribution in [2.24, 2.45) is 0 Å². The first-order valence-electron chi connectivity index (χ1n) is 7.22. The van der Waals surface area contributed by atoms with Gasteiger partial charge < -0.3 is 10.0 Å². The number of hydrogen-bond acceptors (Lipinski definition) is 4. The molecule has 0 aliphatic heterocycles. The molecule has 1 amide bonds. The number of amides is 1. The maximum Gasteiger partial charge on any atom is 0.303 e. The summed E-state index contributed by atoms with van der Waals surface area (Å²) in [5, 5.41) is 12.5. The highest BCUT2D eigenvalue weighted by Gasteiger charge is 2.16. The van der Waals surface area contributed by atoms with Gasteiger partial charge in [-0.15, -0.1) is 0 Å². The molecule has 2 rings (SSSR count). The zero-order valence-electron chi connectivity index (χ0n) is 13.0. The summed E-state index contributed by atoms with van der Waals surface area (Å²) < 4.78 is 14.7. The molecule has 0 aliphatic rings. The highest BCUT2D eigenvalue weighted by molar-refractivity contribution is 5.91. The van der Waals surface area contributed by atoms with Crippen molar-refractivity contribution in [2.75, 3.05) is 13.6 Å². The van der Waals surface area contributed by atoms with Gasteiger partial charge in [0.25, 0.3) is 11.5 Å². The Labute approximate surface area is 137 Å². The first-order chi connectivity index (χ1) is 11.4. The van der Waals surface area contributed by atoms with Crippen molar-refractivity contribution >= 4 is 11.9 Å². The Bertz CT molecular complexity index is 819. The number of hydrogen-bond donors (Lipinski definition) is 1. The molecule has 8 heteroatoms. The monoisotopic (exact) mass is 333 g/mol. The molecule has 0 unspecified atom stereocenters. The number of carboxylic acid groups (broad SMARTS) is 1. The van der Waals surface area contributed by atoms with Crippen LogP contribution in [0.4, 0.5) is 4.39 Å². The molecule has 1 N–H and O–H groups in total. The molecule has 1 heterocycles. The van der Waals surface area contributed by atoms with Gasteiger partial charge in [-0.05, 0) is 24.6 Å². The highest BCUT2D eigenvalue weighted by Crippen LogP contribution is 2.10. The number of aliphatic carboxylic acids is 1. The van der Waals surface area contributed by atoms with Crippen LogP contribution in [0.5, 0.6) is 0 Å². The van der Waals surface area contributed by atoms with E-state index in [4.69, 9.17) is 5.11 Å². The van der Waals surface area contributed by atoms with Crippen LogP contribution in [0, 0.1) is 5.82 Å². The van der Waals surface area contributed by atoms with E-state index in [9.17, 15) is 18.8 Å². The van der Waals surface area contributed by atoms with Crippen LogP contribution >= 0.6 is 0 Å². The van der Waals surface area contributed by atoms with Gasteiger partial charge in [0.05, 0.1) is 0 Å². The van der Waals surface area contributed by atoms with Crippen LogP contribution in [0.3, 0.4) is 0 Å². The predicted octanol–water partition coefficient (Wildman–Crippen LogP) is 1.31. The Morgan fingerprint density at radius 1 is 1.25 bits per heavy atom. The first kappa shape index (κ1) is 17.3. The molecule has 0 saturated heterocycles. The average molecular weight is 333 g/mol. The number of benzene rings is 1. The minimum Gasteiger partial charge on any atom is -0.481 e. The van der Waals surface area contributed by atoms with E-state index in [1.54, 1.807) is 6.07 Å². The van der Waals surface area contributed by atoms with Gasteiger partial charge in [0.15, 0.2) is 0 Å². The van der Waals surface area contributed by atoms with E-state index >= 15 is 0 Å². The molecule has 126 valence electrons. The first-order valence-corrected chi connectivity index (χ1v) is 7.22. The largest absolute Gasteiger partial charge is 0.481 e. The molecular formula is C16H16FN3O4. The third-order valence-electron chi connectivity index (χ3n) is 3.33. The van der Waals surface area contributed by atoms with E-state index in [0.717, 1.165) is 10.7 Å². The topological polar surface area (TPSA) is 92.5 Å². The van der Waals surface area contributed by atoms with E-state index in [0.29, 0.717) is 6.42 Å². The fourth-order valence-corrected chi connectivity index (χ4v) is 2.09. The van der Waals surface area contributed by atoms with E-state index < -0.39 is 23.3 Å². The zero-order valence-corrected chi connectivity index (χ0v) is 13.0. The normalized spacial score (nSPS) is 10.4. The van der Waals surface area contributed by atoms with Gasteiger partial charge in [-0.3, -0.25) is 14.4 Å². The summed E-state index contributed by atoms with van der Waals surface area (Å²) in [5.41, 5.74) is -0.647. The number of carbonyl (C=O) groups is 2. The lowest BCUT2D eigenvalue weighted by atomic mass is 10.2. The molecule has 0 aliphatic carbocycles. The van der Waals surface area contributed by atoms with Crippen LogP contribution in [0.25, 0.3) is 5.69 Å². The van der Waals surface area contributed by atoms with Crippen molar-refractivity contribution in [3.63, 3.8) is 0 Å². The maximum absolute atomic E-state index is 13.8. The van der Waals surface area contributed by atoms with Gasteiger partial charge in [-0.2, -0.15) is 9.78 Å². The molecular weight excluding hydrogens is 317 g/mol. The number of carboxylic acids is 1. The quantitative estimate of drug-likeness (QED) is 0.860. The van der Waals surface area contributed by atoms with Crippen molar-refractivity contribution in [1.29, 1.82) is 0 Å². The van der Waals surface area contributed by atoms with Crippen LogP contribution in [0.2, 0.25) is 0 Å². The zero-order chi connectivity index (χ0) is 17.7. The second-order valence-corrected chi connectivity index (χ2v) is 5.14. The lowest BCUT2D eigenvalue weighted by Gasteiger charge is -2.16. The van der Waals surface area contributed by atoms with Crippen LogP contribution in [-0.4, -0.2) is 45.3 Å². The predicted molar refractivity (Wildman–Crippen MR) is 83.6 cm³/mol. The standard InChI is InChI=1S/C16H16FN3O4/c1-19(10-4-7-15(22)23)16(24)12-8-9-14(21)20(18-12)13-6-3-2-5-11(13)17/h2-3,5-6,8-9H,4,7,10H2,1H3,(H,22,23). The summed E-state index contributed by atoms with van der Waals surface area (Å²) in [6.07, 6.45) is 0.240. The van der Waals surface area contributed by atoms with Crippen molar-refractivity contribution in [3.05, 3.63) is 58.3 Å². The number of para-hydroxylation sites is 1. The molecule has 0 spiro atoms. The highest BCUT2D eigenvalue weighted by atomic mass is 19.1. The molecule has 0 atom stereocenters. The third-order valence-corrected chi connectivity index (χ3v) is 3.33. The molecule has 0 bridgehead atoms. The number of nitrogens with zero attached hydrogens (tertiary/aromatic N) is 3. The van der Waals surface area contributed by atoms with Crippen molar-refractivity contribution < 1.29 is 19.1 Å². The van der Waals surface area contributed by atoms with Crippen LogP contribution in [0.1, 0.15) is 23.3 Å². The number of carbonyl (C=O) groups excluding carboxylic acids is 1. The minimum atomic E-state index is -0.943. The molecule has 0 saturated carbocycles. The van der Waals surface area contributed by atoms with Crippen LogP contribution < -0.4 is 5.56 Å². The van der Waals surface area contributed by atoms with E-state index in [-0.39, 0.29) is 24.3 Å². The van der Waals surface area contributed by atoms with E-state index in [1.165, 1.54) is 36.2 Å². The van der Waals surface area contributed by atoms with Gasteiger partial charge in [0.1, 0.15) is 17.2 Å². The molecule has 7 nitrogen and oxygen atoms in total. The van der Waals surface area contributed by atoms with Gasteiger partial charge in [0, 0.05) is 26.1 Å². The summed E-state index contributed by atoms with van der Waals surface area (Å²) in [6.45, 7) is 0.228. The maximum atomic E-state index is 13.8. The Morgan fingerprint density at radius 2 is 1.96 bits per heavy atom. The lowest BCUT2D eigenvalue weighted by molar-refractivity contribution is -0.137. The summed E-state index contributed by atoms with van der Waals surface area (Å²) in [4.78, 5) is 36.0. The molecule has 2 aromatic rings. The molecule has 24 heavy (non-hydrogen) atoms.